The van der Waals surface area contributed by atoms with Gasteiger partial charge in [0.15, 0.2) is 0 Å². The molecule has 28 heavy (non-hydrogen) atoms. The topological polar surface area (TPSA) is 60.8 Å². The number of carbonyl (C=O) groups excluding carboxylic acids is 2. The molecule has 1 aromatic carbocycles. The first kappa shape index (κ1) is 21.5. The van der Waals surface area contributed by atoms with Gasteiger partial charge in [0.1, 0.15) is 5.60 Å². The van der Waals surface area contributed by atoms with Crippen molar-refractivity contribution in [2.24, 2.45) is 7.05 Å². The SMILES string of the molecule is CCOC(=O)C=CCC(c1cn(C)c2ccccc12)N(C)C(=O)OC(C)(C)C. The van der Waals surface area contributed by atoms with Crippen molar-refractivity contribution in [2.75, 3.05) is 13.7 Å². The molecule has 0 radical (unpaired) electrons. The number of para-hydroxylation sites is 1. The number of amides is 1. The molecule has 0 spiro atoms. The molecule has 1 atom stereocenters. The molecule has 152 valence electrons. The molecule has 0 saturated carbocycles. The van der Waals surface area contributed by atoms with E-state index in [4.69, 9.17) is 9.47 Å². The Morgan fingerprint density at radius 2 is 1.93 bits per heavy atom. The number of benzene rings is 1. The van der Waals surface area contributed by atoms with Crippen LogP contribution in [0.2, 0.25) is 0 Å². The second-order valence-corrected chi connectivity index (χ2v) is 7.71. The van der Waals surface area contributed by atoms with Gasteiger partial charge in [-0.1, -0.05) is 24.3 Å². The minimum absolute atomic E-state index is 0.286. The van der Waals surface area contributed by atoms with Crippen molar-refractivity contribution in [1.82, 2.24) is 9.47 Å². The van der Waals surface area contributed by atoms with Crippen LogP contribution in [0.4, 0.5) is 4.79 Å². The molecule has 0 aliphatic heterocycles. The van der Waals surface area contributed by atoms with Crippen LogP contribution >= 0.6 is 0 Å². The van der Waals surface area contributed by atoms with Gasteiger partial charge in [0.05, 0.1) is 12.6 Å². The van der Waals surface area contributed by atoms with E-state index in [2.05, 4.69) is 0 Å². The zero-order chi connectivity index (χ0) is 20.9. The normalized spacial score (nSPS) is 12.9. The average Bonchev–Trinajstić information content (AvgIpc) is 2.94. The molecule has 1 unspecified atom stereocenters. The van der Waals surface area contributed by atoms with Gasteiger partial charge in [-0.15, -0.1) is 0 Å². The highest BCUT2D eigenvalue weighted by atomic mass is 16.6. The number of aromatic nitrogens is 1. The maximum Gasteiger partial charge on any atom is 0.410 e. The van der Waals surface area contributed by atoms with Crippen LogP contribution in [0.15, 0.2) is 42.6 Å². The Balaban J connectivity index is 2.37. The van der Waals surface area contributed by atoms with Crippen molar-refractivity contribution in [3.8, 4) is 0 Å². The standard InChI is InChI=1S/C22H30N2O4/c1-7-27-20(25)14-10-13-19(24(6)21(26)28-22(2,3)4)17-15-23(5)18-12-9-8-11-16(17)18/h8-12,14-15,19H,7,13H2,1-6H3. The van der Waals surface area contributed by atoms with E-state index in [0.29, 0.717) is 13.0 Å². The molecular formula is C22H30N2O4. The summed E-state index contributed by atoms with van der Waals surface area (Å²) in [5, 5.41) is 1.06. The quantitative estimate of drug-likeness (QED) is 0.538. The molecular weight excluding hydrogens is 356 g/mol. The molecule has 0 fully saturated rings. The molecule has 2 aromatic rings. The van der Waals surface area contributed by atoms with Crippen molar-refractivity contribution < 1.29 is 19.1 Å². The van der Waals surface area contributed by atoms with Crippen molar-refractivity contribution in [3.05, 3.63) is 48.2 Å². The summed E-state index contributed by atoms with van der Waals surface area (Å²) in [6.45, 7) is 7.61. The third-order valence-corrected chi connectivity index (χ3v) is 4.34. The fourth-order valence-corrected chi connectivity index (χ4v) is 3.08. The maximum atomic E-state index is 12.7. The van der Waals surface area contributed by atoms with Crippen LogP contribution < -0.4 is 0 Å². The number of fused-ring (bicyclic) bond motifs is 1. The molecule has 6 nitrogen and oxygen atoms in total. The highest BCUT2D eigenvalue weighted by Gasteiger charge is 2.28. The van der Waals surface area contributed by atoms with Crippen LogP contribution in [0, 0.1) is 0 Å². The maximum absolute atomic E-state index is 12.7. The highest BCUT2D eigenvalue weighted by molar-refractivity contribution is 5.85. The lowest BCUT2D eigenvalue weighted by atomic mass is 10.0. The summed E-state index contributed by atoms with van der Waals surface area (Å²) in [5.41, 5.74) is 1.49. The largest absolute Gasteiger partial charge is 0.463 e. The Hall–Kier alpha value is -2.76. The molecule has 2 rings (SSSR count). The second kappa shape index (κ2) is 8.95. The fraction of sp³-hybridized carbons (Fsp3) is 0.455. The molecule has 1 heterocycles. The van der Waals surface area contributed by atoms with E-state index < -0.39 is 11.7 Å². The first-order valence-electron chi connectivity index (χ1n) is 9.47. The van der Waals surface area contributed by atoms with Gasteiger partial charge in [0.2, 0.25) is 0 Å². The van der Waals surface area contributed by atoms with E-state index in [0.717, 1.165) is 16.5 Å². The zero-order valence-corrected chi connectivity index (χ0v) is 17.6. The van der Waals surface area contributed by atoms with Gasteiger partial charge in [-0.25, -0.2) is 9.59 Å². The molecule has 0 aliphatic carbocycles. The lowest BCUT2D eigenvalue weighted by Crippen LogP contribution is -2.36. The van der Waals surface area contributed by atoms with Crippen LogP contribution in [-0.2, 0) is 21.3 Å². The molecule has 6 heteroatoms. The Morgan fingerprint density at radius 3 is 2.57 bits per heavy atom. The minimum atomic E-state index is -0.588. The van der Waals surface area contributed by atoms with Gasteiger partial charge < -0.3 is 18.9 Å². The van der Waals surface area contributed by atoms with Crippen molar-refractivity contribution in [3.63, 3.8) is 0 Å². The van der Waals surface area contributed by atoms with Gasteiger partial charge in [-0.05, 0) is 40.2 Å². The molecule has 0 saturated heterocycles. The summed E-state index contributed by atoms with van der Waals surface area (Å²) in [6, 6.07) is 7.75. The number of nitrogens with zero attached hydrogens (tertiary/aromatic N) is 2. The van der Waals surface area contributed by atoms with Crippen molar-refractivity contribution in [1.29, 1.82) is 0 Å². The average molecular weight is 386 g/mol. The van der Waals surface area contributed by atoms with Gasteiger partial charge in [-0.3, -0.25) is 0 Å². The Morgan fingerprint density at radius 1 is 1.25 bits per heavy atom. The number of esters is 1. The monoisotopic (exact) mass is 386 g/mol. The number of carbonyl (C=O) groups is 2. The number of rotatable bonds is 6. The summed E-state index contributed by atoms with van der Waals surface area (Å²) in [4.78, 5) is 25.9. The zero-order valence-electron chi connectivity index (χ0n) is 17.6. The smallest absolute Gasteiger partial charge is 0.410 e. The van der Waals surface area contributed by atoms with Gasteiger partial charge >= 0.3 is 12.1 Å². The summed E-state index contributed by atoms with van der Waals surface area (Å²) in [5.74, 6) is -0.390. The number of ether oxygens (including phenoxy) is 2. The van der Waals surface area contributed by atoms with Gasteiger partial charge in [0, 0.05) is 42.8 Å². The predicted molar refractivity (Wildman–Crippen MR) is 110 cm³/mol. The summed E-state index contributed by atoms with van der Waals surface area (Å²) >= 11 is 0. The number of hydrogen-bond donors (Lipinski definition) is 0. The van der Waals surface area contributed by atoms with Crippen LogP contribution in [-0.4, -0.2) is 40.8 Å². The van der Waals surface area contributed by atoms with E-state index in [-0.39, 0.29) is 12.0 Å². The molecule has 1 aromatic heterocycles. The van der Waals surface area contributed by atoms with Crippen LogP contribution in [0.5, 0.6) is 0 Å². The van der Waals surface area contributed by atoms with E-state index in [1.54, 1.807) is 24.9 Å². The first-order valence-corrected chi connectivity index (χ1v) is 9.47. The molecule has 1 amide bonds. The Labute approximate surface area is 166 Å². The molecule has 0 N–H and O–H groups in total. The van der Waals surface area contributed by atoms with Crippen LogP contribution in [0.1, 0.15) is 45.7 Å². The Kier molecular flexibility index (Phi) is 6.89. The van der Waals surface area contributed by atoms with Crippen LogP contribution in [0.3, 0.4) is 0 Å². The fourth-order valence-electron chi connectivity index (χ4n) is 3.08. The van der Waals surface area contributed by atoms with Crippen molar-refractivity contribution in [2.45, 2.75) is 45.8 Å². The lowest BCUT2D eigenvalue weighted by molar-refractivity contribution is -0.137. The van der Waals surface area contributed by atoms with E-state index in [9.17, 15) is 9.59 Å². The molecule has 0 aliphatic rings. The summed E-state index contributed by atoms with van der Waals surface area (Å²) < 4.78 is 12.5. The molecule has 0 bridgehead atoms. The first-order chi connectivity index (χ1) is 13.1. The lowest BCUT2D eigenvalue weighted by Gasteiger charge is -2.30. The summed E-state index contributed by atoms with van der Waals surface area (Å²) in [7, 11) is 3.70. The number of hydrogen-bond acceptors (Lipinski definition) is 4. The predicted octanol–water partition coefficient (Wildman–Crippen LogP) is 4.60. The van der Waals surface area contributed by atoms with E-state index in [1.807, 2.05) is 62.8 Å². The minimum Gasteiger partial charge on any atom is -0.463 e. The van der Waals surface area contributed by atoms with Crippen molar-refractivity contribution >= 4 is 23.0 Å². The third kappa shape index (κ3) is 5.38. The van der Waals surface area contributed by atoms with E-state index >= 15 is 0 Å². The second-order valence-electron chi connectivity index (χ2n) is 7.71. The van der Waals surface area contributed by atoms with Crippen LogP contribution in [0.25, 0.3) is 10.9 Å². The number of aryl methyl sites for hydroxylation is 1. The highest BCUT2D eigenvalue weighted by Crippen LogP contribution is 2.32. The van der Waals surface area contributed by atoms with E-state index in [1.165, 1.54) is 6.08 Å². The Bertz CT molecular complexity index is 861. The third-order valence-electron chi connectivity index (χ3n) is 4.34. The van der Waals surface area contributed by atoms with Gasteiger partial charge in [0.25, 0.3) is 0 Å². The van der Waals surface area contributed by atoms with Gasteiger partial charge in [-0.2, -0.15) is 0 Å². The summed E-state index contributed by atoms with van der Waals surface area (Å²) in [6.07, 6.45) is 5.22.